The summed E-state index contributed by atoms with van der Waals surface area (Å²) in [5, 5.41) is 12.1. The molecule has 0 spiro atoms. The van der Waals surface area contributed by atoms with Gasteiger partial charge < -0.3 is 9.30 Å². The SMILES string of the molecule is Cc1ccc(CC(CCN2CCOCC2)(n2nnc3ccccc32)n2c3ccccc3c3ccccc32)cc1. The highest BCUT2D eigenvalue weighted by Crippen LogP contribution is 2.40. The van der Waals surface area contributed by atoms with Crippen LogP contribution in [0.2, 0.25) is 0 Å². The van der Waals surface area contributed by atoms with Crippen LogP contribution in [0.3, 0.4) is 0 Å². The molecule has 6 aromatic rings. The molecule has 0 bridgehead atoms. The second-order valence-corrected chi connectivity index (χ2v) is 10.7. The monoisotopic (exact) mass is 515 g/mol. The summed E-state index contributed by atoms with van der Waals surface area (Å²) < 4.78 is 10.4. The molecule has 196 valence electrons. The molecule has 7 rings (SSSR count). The van der Waals surface area contributed by atoms with Gasteiger partial charge in [-0.05, 0) is 36.8 Å². The van der Waals surface area contributed by atoms with E-state index in [0.29, 0.717) is 0 Å². The fraction of sp³-hybridized carbons (Fsp3) is 0.273. The minimum absolute atomic E-state index is 0.535. The molecule has 6 heteroatoms. The van der Waals surface area contributed by atoms with E-state index in [1.807, 2.05) is 6.07 Å². The van der Waals surface area contributed by atoms with Crippen molar-refractivity contribution in [3.05, 3.63) is 108 Å². The van der Waals surface area contributed by atoms with Gasteiger partial charge in [0.15, 0.2) is 0 Å². The number of nitrogens with zero attached hydrogens (tertiary/aromatic N) is 5. The fourth-order valence-electron chi connectivity index (χ4n) is 6.30. The van der Waals surface area contributed by atoms with Crippen LogP contribution in [0.4, 0.5) is 0 Å². The van der Waals surface area contributed by atoms with Crippen molar-refractivity contribution >= 4 is 32.8 Å². The molecule has 1 unspecified atom stereocenters. The Bertz CT molecular complexity index is 1690. The normalized spacial score (nSPS) is 16.2. The van der Waals surface area contributed by atoms with Crippen LogP contribution in [0.15, 0.2) is 97.1 Å². The number of aromatic nitrogens is 4. The molecule has 1 atom stereocenters. The predicted octanol–water partition coefficient (Wildman–Crippen LogP) is 6.01. The number of benzene rings is 4. The Morgan fingerprint density at radius 2 is 1.36 bits per heavy atom. The van der Waals surface area contributed by atoms with E-state index >= 15 is 0 Å². The van der Waals surface area contributed by atoms with Gasteiger partial charge in [0, 0.05) is 43.2 Å². The summed E-state index contributed by atoms with van der Waals surface area (Å²) in [4.78, 5) is 2.53. The summed E-state index contributed by atoms with van der Waals surface area (Å²) in [6.45, 7) is 6.55. The molecule has 2 aromatic heterocycles. The van der Waals surface area contributed by atoms with Crippen molar-refractivity contribution in [1.82, 2.24) is 24.5 Å². The van der Waals surface area contributed by atoms with Gasteiger partial charge in [-0.3, -0.25) is 4.90 Å². The maximum absolute atomic E-state index is 5.68. The second kappa shape index (κ2) is 9.95. The third kappa shape index (κ3) is 4.20. The van der Waals surface area contributed by atoms with Gasteiger partial charge in [0.25, 0.3) is 0 Å². The standard InChI is InChI=1S/C33H33N5O/c1-25-14-16-26(17-15-25)24-33(18-19-36-20-22-39-23-21-36,38-32-13-7-4-10-29(32)34-35-38)37-30-11-5-2-8-27(30)28-9-3-6-12-31(28)37/h2-17H,18-24H2,1H3. The lowest BCUT2D eigenvalue weighted by molar-refractivity contribution is 0.0292. The lowest BCUT2D eigenvalue weighted by Gasteiger charge is -2.40. The van der Waals surface area contributed by atoms with Gasteiger partial charge in [-0.2, -0.15) is 0 Å². The maximum atomic E-state index is 5.68. The smallest absolute Gasteiger partial charge is 0.145 e. The van der Waals surface area contributed by atoms with E-state index in [-0.39, 0.29) is 0 Å². The number of aryl methyl sites for hydroxylation is 1. The van der Waals surface area contributed by atoms with Gasteiger partial charge in [0.2, 0.25) is 0 Å². The number of fused-ring (bicyclic) bond motifs is 4. The first-order chi connectivity index (χ1) is 19.2. The lowest BCUT2D eigenvalue weighted by Crippen LogP contribution is -2.48. The first kappa shape index (κ1) is 24.1. The summed E-state index contributed by atoms with van der Waals surface area (Å²) in [5.41, 5.74) is 6.41. The molecule has 0 aliphatic carbocycles. The average molecular weight is 516 g/mol. The maximum Gasteiger partial charge on any atom is 0.145 e. The molecule has 1 saturated heterocycles. The molecule has 1 aliphatic heterocycles. The zero-order valence-corrected chi connectivity index (χ0v) is 22.3. The van der Waals surface area contributed by atoms with Crippen LogP contribution in [0.25, 0.3) is 32.8 Å². The number of ether oxygens (including phenoxy) is 1. The number of rotatable bonds is 7. The molecular weight excluding hydrogens is 482 g/mol. The van der Waals surface area contributed by atoms with E-state index in [2.05, 4.69) is 117 Å². The number of hydrogen-bond acceptors (Lipinski definition) is 4. The minimum atomic E-state index is -0.535. The Kier molecular flexibility index (Phi) is 6.14. The van der Waals surface area contributed by atoms with E-state index in [1.54, 1.807) is 0 Å². The Morgan fingerprint density at radius 3 is 2.05 bits per heavy atom. The molecule has 4 aromatic carbocycles. The van der Waals surface area contributed by atoms with E-state index in [1.165, 1.54) is 32.9 Å². The van der Waals surface area contributed by atoms with E-state index < -0.39 is 5.66 Å². The van der Waals surface area contributed by atoms with Crippen molar-refractivity contribution in [3.63, 3.8) is 0 Å². The molecule has 0 radical (unpaired) electrons. The van der Waals surface area contributed by atoms with Gasteiger partial charge in [-0.1, -0.05) is 83.6 Å². The summed E-state index contributed by atoms with van der Waals surface area (Å²) in [6, 6.07) is 34.9. The van der Waals surface area contributed by atoms with Crippen molar-refractivity contribution < 1.29 is 4.74 Å². The first-order valence-electron chi connectivity index (χ1n) is 13.9. The lowest BCUT2D eigenvalue weighted by atomic mass is 9.93. The fourth-order valence-corrected chi connectivity index (χ4v) is 6.30. The van der Waals surface area contributed by atoms with Crippen molar-refractivity contribution in [1.29, 1.82) is 0 Å². The topological polar surface area (TPSA) is 48.1 Å². The van der Waals surface area contributed by atoms with Crippen LogP contribution in [0.1, 0.15) is 17.5 Å². The van der Waals surface area contributed by atoms with E-state index in [9.17, 15) is 0 Å². The Labute approximate surface area is 228 Å². The zero-order chi connectivity index (χ0) is 26.2. The van der Waals surface area contributed by atoms with E-state index in [0.717, 1.165) is 56.7 Å². The molecule has 3 heterocycles. The van der Waals surface area contributed by atoms with Crippen LogP contribution in [-0.2, 0) is 16.8 Å². The largest absolute Gasteiger partial charge is 0.379 e. The van der Waals surface area contributed by atoms with E-state index in [4.69, 9.17) is 9.95 Å². The second-order valence-electron chi connectivity index (χ2n) is 10.7. The van der Waals surface area contributed by atoms with Crippen molar-refractivity contribution in [2.24, 2.45) is 0 Å². The molecule has 39 heavy (non-hydrogen) atoms. The molecule has 1 aliphatic rings. The summed E-state index contributed by atoms with van der Waals surface area (Å²) in [6.07, 6.45) is 1.66. The molecule has 0 N–H and O–H groups in total. The van der Waals surface area contributed by atoms with Crippen LogP contribution < -0.4 is 0 Å². The third-order valence-electron chi connectivity index (χ3n) is 8.28. The minimum Gasteiger partial charge on any atom is -0.379 e. The highest BCUT2D eigenvalue weighted by atomic mass is 16.5. The van der Waals surface area contributed by atoms with Gasteiger partial charge in [0.05, 0.1) is 29.8 Å². The molecule has 1 fully saturated rings. The van der Waals surface area contributed by atoms with Gasteiger partial charge in [-0.15, -0.1) is 5.10 Å². The Hall–Kier alpha value is -4.00. The van der Waals surface area contributed by atoms with Gasteiger partial charge in [-0.25, -0.2) is 4.68 Å². The number of para-hydroxylation sites is 3. The average Bonchev–Trinajstić information content (AvgIpc) is 3.57. The van der Waals surface area contributed by atoms with Crippen LogP contribution >= 0.6 is 0 Å². The summed E-state index contributed by atoms with van der Waals surface area (Å²) >= 11 is 0. The van der Waals surface area contributed by atoms with Crippen LogP contribution in [0, 0.1) is 6.92 Å². The highest BCUT2D eigenvalue weighted by Gasteiger charge is 2.40. The van der Waals surface area contributed by atoms with Gasteiger partial charge in [0.1, 0.15) is 11.2 Å². The molecule has 0 saturated carbocycles. The quantitative estimate of drug-likeness (QED) is 0.261. The molecule has 6 nitrogen and oxygen atoms in total. The third-order valence-corrected chi connectivity index (χ3v) is 8.28. The Morgan fingerprint density at radius 1 is 0.744 bits per heavy atom. The molecular formula is C33H33N5O. The summed E-state index contributed by atoms with van der Waals surface area (Å²) in [7, 11) is 0. The predicted molar refractivity (Wildman–Crippen MR) is 157 cm³/mol. The zero-order valence-electron chi connectivity index (χ0n) is 22.3. The van der Waals surface area contributed by atoms with Crippen molar-refractivity contribution in [2.75, 3.05) is 32.8 Å². The number of hydrogen-bond donors (Lipinski definition) is 0. The van der Waals surface area contributed by atoms with Crippen molar-refractivity contribution in [3.8, 4) is 0 Å². The van der Waals surface area contributed by atoms with Crippen molar-refractivity contribution in [2.45, 2.75) is 25.4 Å². The summed E-state index contributed by atoms with van der Waals surface area (Å²) in [5.74, 6) is 0. The number of morpholine rings is 1. The van der Waals surface area contributed by atoms with Crippen LogP contribution in [0.5, 0.6) is 0 Å². The Balaban J connectivity index is 1.53. The van der Waals surface area contributed by atoms with Gasteiger partial charge >= 0.3 is 0 Å². The highest BCUT2D eigenvalue weighted by molar-refractivity contribution is 6.08. The first-order valence-corrected chi connectivity index (χ1v) is 13.9. The van der Waals surface area contributed by atoms with Crippen LogP contribution in [-0.4, -0.2) is 57.3 Å². The molecule has 0 amide bonds.